The van der Waals surface area contributed by atoms with E-state index in [0.717, 1.165) is 22.4 Å². The van der Waals surface area contributed by atoms with Crippen LogP contribution in [0.3, 0.4) is 0 Å². The molecular weight excluding hydrogens is 352 g/mol. The van der Waals surface area contributed by atoms with Crippen LogP contribution in [0, 0.1) is 0 Å². The highest BCUT2D eigenvalue weighted by atomic mass is 35.7. The van der Waals surface area contributed by atoms with Crippen molar-refractivity contribution in [2.24, 2.45) is 0 Å². The van der Waals surface area contributed by atoms with E-state index < -0.39 is 11.6 Å². The predicted molar refractivity (Wildman–Crippen MR) is 104 cm³/mol. The summed E-state index contributed by atoms with van der Waals surface area (Å²) in [6.07, 6.45) is 0. The molecule has 0 aromatic heterocycles. The van der Waals surface area contributed by atoms with Crippen LogP contribution in [0.4, 0.5) is 0 Å². The van der Waals surface area contributed by atoms with Crippen LogP contribution in [-0.2, 0) is 5.75 Å². The summed E-state index contributed by atoms with van der Waals surface area (Å²) in [4.78, 5) is 25.2. The number of hydrogen-bond donors (Lipinski definition) is 0. The van der Waals surface area contributed by atoms with Crippen molar-refractivity contribution in [3.05, 3.63) is 95.6 Å². The fourth-order valence-electron chi connectivity index (χ4n) is 2.62. The van der Waals surface area contributed by atoms with Crippen LogP contribution < -0.4 is 0 Å². The molecule has 0 atom stereocenters. The first-order valence-corrected chi connectivity index (χ1v) is 9.58. The van der Waals surface area contributed by atoms with Gasteiger partial charge in [-0.2, -0.15) is 0 Å². The Kier molecular flexibility index (Phi) is 5.69. The van der Waals surface area contributed by atoms with Gasteiger partial charge in [0.05, 0.1) is 0 Å². The molecule has 0 aliphatic carbocycles. The standard InChI is InChI=1S/C21H15ClO2S/c22-25-14-15-10-12-16(13-11-15)18-8-4-5-9-19(18)21(24)20(23)17-6-2-1-3-7-17/h1-13H,14H2. The Morgan fingerprint density at radius 1 is 0.760 bits per heavy atom. The lowest BCUT2D eigenvalue weighted by Crippen LogP contribution is -2.15. The van der Waals surface area contributed by atoms with Gasteiger partial charge in [0.15, 0.2) is 0 Å². The Labute approximate surface area is 155 Å². The third-order valence-corrected chi connectivity index (χ3v) is 4.67. The summed E-state index contributed by atoms with van der Waals surface area (Å²) in [6, 6.07) is 23.7. The first kappa shape index (κ1) is 17.5. The number of hydrogen-bond acceptors (Lipinski definition) is 3. The number of carbonyl (C=O) groups excluding carboxylic acids is 2. The highest BCUT2D eigenvalue weighted by Gasteiger charge is 2.21. The molecule has 0 aliphatic heterocycles. The molecule has 3 aromatic carbocycles. The minimum Gasteiger partial charge on any atom is -0.285 e. The third kappa shape index (κ3) is 4.01. The van der Waals surface area contributed by atoms with Gasteiger partial charge in [0.2, 0.25) is 11.6 Å². The molecule has 0 spiro atoms. The van der Waals surface area contributed by atoms with Gasteiger partial charge in [-0.05, 0) is 27.4 Å². The maximum atomic E-state index is 12.7. The van der Waals surface area contributed by atoms with Gasteiger partial charge in [-0.25, -0.2) is 0 Å². The van der Waals surface area contributed by atoms with Gasteiger partial charge < -0.3 is 0 Å². The lowest BCUT2D eigenvalue weighted by molar-refractivity contribution is 0.0817. The number of benzene rings is 3. The molecule has 2 nitrogen and oxygen atoms in total. The topological polar surface area (TPSA) is 34.1 Å². The minimum atomic E-state index is -0.498. The van der Waals surface area contributed by atoms with E-state index >= 15 is 0 Å². The fourth-order valence-corrected chi connectivity index (χ4v) is 3.32. The summed E-state index contributed by atoms with van der Waals surface area (Å²) in [5.74, 6) is -0.278. The van der Waals surface area contributed by atoms with Crippen molar-refractivity contribution in [1.82, 2.24) is 0 Å². The molecule has 0 saturated heterocycles. The minimum absolute atomic E-state index is 0.400. The average molecular weight is 367 g/mol. The van der Waals surface area contributed by atoms with Crippen molar-refractivity contribution in [2.75, 3.05) is 0 Å². The molecule has 25 heavy (non-hydrogen) atoms. The molecule has 0 unspecified atom stereocenters. The molecule has 0 radical (unpaired) electrons. The van der Waals surface area contributed by atoms with Crippen LogP contribution in [0.25, 0.3) is 11.1 Å². The predicted octanol–water partition coefficient (Wildman–Crippen LogP) is 5.81. The Bertz CT molecular complexity index is 889. The molecule has 3 aromatic rings. The quantitative estimate of drug-likeness (QED) is 0.408. The summed E-state index contributed by atoms with van der Waals surface area (Å²) in [5, 5.41) is 0. The maximum Gasteiger partial charge on any atom is 0.234 e. The summed E-state index contributed by atoms with van der Waals surface area (Å²) >= 11 is 0. The molecule has 0 aliphatic rings. The summed E-state index contributed by atoms with van der Waals surface area (Å²) < 4.78 is 0. The molecule has 124 valence electrons. The van der Waals surface area contributed by atoms with Crippen molar-refractivity contribution < 1.29 is 9.59 Å². The largest absolute Gasteiger partial charge is 0.285 e. The van der Waals surface area contributed by atoms with Crippen molar-refractivity contribution in [1.29, 1.82) is 0 Å². The molecule has 0 bridgehead atoms. The Balaban J connectivity index is 1.95. The Morgan fingerprint density at radius 2 is 1.40 bits per heavy atom. The zero-order chi connectivity index (χ0) is 17.6. The van der Waals surface area contributed by atoms with Crippen LogP contribution in [0.15, 0.2) is 78.9 Å². The van der Waals surface area contributed by atoms with Crippen LogP contribution >= 0.6 is 21.7 Å². The second-order valence-electron chi connectivity index (χ2n) is 5.52. The van der Waals surface area contributed by atoms with E-state index in [9.17, 15) is 9.59 Å². The van der Waals surface area contributed by atoms with Crippen molar-refractivity contribution >= 4 is 33.2 Å². The van der Waals surface area contributed by atoms with E-state index in [2.05, 4.69) is 0 Å². The van der Waals surface area contributed by atoms with Crippen molar-refractivity contribution in [3.63, 3.8) is 0 Å². The van der Waals surface area contributed by atoms with E-state index in [1.54, 1.807) is 36.4 Å². The monoisotopic (exact) mass is 366 g/mol. The molecule has 0 amide bonds. The molecule has 4 heteroatoms. The zero-order valence-electron chi connectivity index (χ0n) is 13.3. The molecule has 3 rings (SSSR count). The van der Waals surface area contributed by atoms with Gasteiger partial charge in [0, 0.05) is 16.9 Å². The lowest BCUT2D eigenvalue weighted by Gasteiger charge is -2.09. The first-order chi connectivity index (χ1) is 12.2. The summed E-state index contributed by atoms with van der Waals surface area (Å²) in [6.45, 7) is 0. The summed E-state index contributed by atoms with van der Waals surface area (Å²) in [5.41, 5.74) is 3.57. The molecule has 0 fully saturated rings. The second-order valence-corrected chi connectivity index (χ2v) is 6.68. The molecule has 0 saturated carbocycles. The Hall–Kier alpha value is -2.36. The van der Waals surface area contributed by atoms with Crippen molar-refractivity contribution in [3.8, 4) is 11.1 Å². The van der Waals surface area contributed by atoms with E-state index in [-0.39, 0.29) is 0 Å². The first-order valence-electron chi connectivity index (χ1n) is 7.76. The Morgan fingerprint density at radius 3 is 2.08 bits per heavy atom. The van der Waals surface area contributed by atoms with E-state index in [0.29, 0.717) is 11.1 Å². The van der Waals surface area contributed by atoms with Crippen LogP contribution in [0.5, 0.6) is 0 Å². The number of carbonyl (C=O) groups is 2. The number of rotatable bonds is 6. The van der Waals surface area contributed by atoms with Gasteiger partial charge >= 0.3 is 0 Å². The summed E-state index contributed by atoms with van der Waals surface area (Å²) in [7, 11) is 6.93. The second kappa shape index (κ2) is 8.15. The van der Waals surface area contributed by atoms with E-state index in [4.69, 9.17) is 10.7 Å². The number of ketones is 2. The number of Topliss-reactive ketones (excluding diaryl/α,β-unsaturated/α-hetero) is 2. The van der Waals surface area contributed by atoms with Crippen LogP contribution in [0.2, 0.25) is 0 Å². The van der Waals surface area contributed by atoms with Gasteiger partial charge in [-0.3, -0.25) is 9.59 Å². The van der Waals surface area contributed by atoms with E-state index in [1.807, 2.05) is 42.5 Å². The van der Waals surface area contributed by atoms with Crippen LogP contribution in [-0.4, -0.2) is 11.6 Å². The molecular formula is C21H15ClO2S. The highest BCUT2D eigenvalue weighted by Crippen LogP contribution is 2.26. The van der Waals surface area contributed by atoms with Gasteiger partial charge in [0.25, 0.3) is 0 Å². The third-order valence-electron chi connectivity index (χ3n) is 3.90. The van der Waals surface area contributed by atoms with Crippen LogP contribution in [0.1, 0.15) is 26.3 Å². The average Bonchev–Trinajstić information content (AvgIpc) is 2.68. The van der Waals surface area contributed by atoms with Gasteiger partial charge in [-0.1, -0.05) is 89.8 Å². The smallest absolute Gasteiger partial charge is 0.234 e. The fraction of sp³-hybridized carbons (Fsp3) is 0.0476. The zero-order valence-corrected chi connectivity index (χ0v) is 14.9. The van der Waals surface area contributed by atoms with E-state index in [1.165, 1.54) is 11.0 Å². The SMILES string of the molecule is O=C(C(=O)c1ccccc1-c1ccc(CSCl)cc1)c1ccccc1. The van der Waals surface area contributed by atoms with Crippen molar-refractivity contribution in [2.45, 2.75) is 5.75 Å². The molecule has 0 heterocycles. The normalized spacial score (nSPS) is 10.4. The highest BCUT2D eigenvalue weighted by molar-refractivity contribution is 8.20. The van der Waals surface area contributed by atoms with Gasteiger partial charge in [-0.15, -0.1) is 0 Å². The van der Waals surface area contributed by atoms with Gasteiger partial charge in [0.1, 0.15) is 0 Å². The number of halogens is 1. The maximum absolute atomic E-state index is 12.7. The molecule has 0 N–H and O–H groups in total. The lowest BCUT2D eigenvalue weighted by atomic mass is 9.93.